The monoisotopic (exact) mass is 270 g/mol. The molecule has 20 heavy (non-hydrogen) atoms. The predicted molar refractivity (Wildman–Crippen MR) is 81.1 cm³/mol. The molecule has 0 N–H and O–H groups in total. The Balaban J connectivity index is 2.43. The van der Waals surface area contributed by atoms with E-state index in [0.717, 1.165) is 36.3 Å². The predicted octanol–water partition coefficient (Wildman–Crippen LogP) is 3.65. The van der Waals surface area contributed by atoms with E-state index in [1.54, 1.807) is 0 Å². The van der Waals surface area contributed by atoms with Gasteiger partial charge in [-0.3, -0.25) is 9.48 Å². The van der Waals surface area contributed by atoms with Gasteiger partial charge < -0.3 is 0 Å². The molecule has 0 spiro atoms. The van der Waals surface area contributed by atoms with E-state index in [1.807, 2.05) is 29.8 Å². The summed E-state index contributed by atoms with van der Waals surface area (Å²) in [7, 11) is 0. The van der Waals surface area contributed by atoms with Gasteiger partial charge in [-0.2, -0.15) is 5.10 Å². The van der Waals surface area contributed by atoms with Gasteiger partial charge in [-0.15, -0.1) is 0 Å². The van der Waals surface area contributed by atoms with E-state index in [9.17, 15) is 4.79 Å². The Morgan fingerprint density at radius 2 is 1.80 bits per heavy atom. The molecule has 2 rings (SSSR count). The molecule has 0 bridgehead atoms. The molecule has 0 amide bonds. The maximum Gasteiger partial charge on any atom is 0.166 e. The first-order chi connectivity index (χ1) is 9.71. The molecule has 3 heteroatoms. The second-order valence-electron chi connectivity index (χ2n) is 4.90. The number of hydrogen-bond donors (Lipinski definition) is 0. The quantitative estimate of drug-likeness (QED) is 0.751. The summed E-state index contributed by atoms with van der Waals surface area (Å²) in [5, 5.41) is 4.66. The van der Waals surface area contributed by atoms with E-state index in [2.05, 4.69) is 31.1 Å². The molecule has 106 valence electrons. The smallest absolute Gasteiger partial charge is 0.166 e. The Hall–Kier alpha value is -1.90. The van der Waals surface area contributed by atoms with Gasteiger partial charge in [0, 0.05) is 12.1 Å². The van der Waals surface area contributed by atoms with Crippen molar-refractivity contribution < 1.29 is 4.79 Å². The lowest BCUT2D eigenvalue weighted by Gasteiger charge is -2.07. The Morgan fingerprint density at radius 3 is 2.35 bits per heavy atom. The van der Waals surface area contributed by atoms with Crippen LogP contribution in [-0.2, 0) is 19.4 Å². The van der Waals surface area contributed by atoms with Crippen molar-refractivity contribution in [3.8, 4) is 0 Å². The molecular formula is C17H22N2O. The lowest BCUT2D eigenvalue weighted by atomic mass is 10.0. The third-order valence-corrected chi connectivity index (χ3v) is 3.58. The van der Waals surface area contributed by atoms with Crippen LogP contribution >= 0.6 is 0 Å². The molecule has 0 saturated carbocycles. The van der Waals surface area contributed by atoms with Gasteiger partial charge in [-0.1, -0.05) is 51.1 Å². The van der Waals surface area contributed by atoms with Crippen LogP contribution in [0.4, 0.5) is 0 Å². The number of carbonyl (C=O) groups excluding carboxylic acids is 1. The second kappa shape index (κ2) is 6.51. The number of aromatic nitrogens is 2. The highest BCUT2D eigenvalue weighted by molar-refractivity contribution is 5.98. The van der Waals surface area contributed by atoms with E-state index >= 15 is 0 Å². The Morgan fingerprint density at radius 1 is 1.10 bits per heavy atom. The van der Waals surface area contributed by atoms with Crippen molar-refractivity contribution in [3.05, 3.63) is 52.8 Å². The van der Waals surface area contributed by atoms with Crippen LogP contribution in [0.1, 0.15) is 54.5 Å². The second-order valence-corrected chi connectivity index (χ2v) is 4.90. The van der Waals surface area contributed by atoms with Crippen molar-refractivity contribution in [1.29, 1.82) is 0 Å². The maximum absolute atomic E-state index is 12.2. The number of rotatable bonds is 6. The summed E-state index contributed by atoms with van der Waals surface area (Å²) in [4.78, 5) is 12.2. The van der Waals surface area contributed by atoms with Crippen molar-refractivity contribution in [2.24, 2.45) is 0 Å². The van der Waals surface area contributed by atoms with E-state index in [0.29, 0.717) is 6.42 Å². The molecular weight excluding hydrogens is 248 g/mol. The zero-order valence-corrected chi connectivity index (χ0v) is 12.5. The molecule has 0 fully saturated rings. The summed E-state index contributed by atoms with van der Waals surface area (Å²) in [6.07, 6.45) is 2.17. The molecule has 1 aromatic heterocycles. The van der Waals surface area contributed by atoms with Crippen LogP contribution in [0.25, 0.3) is 0 Å². The minimum atomic E-state index is 0.206. The molecule has 0 unspecified atom stereocenters. The van der Waals surface area contributed by atoms with Gasteiger partial charge in [0.05, 0.1) is 17.8 Å². The molecule has 0 aliphatic heterocycles. The molecule has 0 saturated heterocycles. The van der Waals surface area contributed by atoms with Crippen molar-refractivity contribution >= 4 is 5.78 Å². The van der Waals surface area contributed by atoms with Gasteiger partial charge in [0.15, 0.2) is 5.78 Å². The number of Topliss-reactive ketones (excluding diaryl/α,β-unsaturated/α-hetero) is 1. The van der Waals surface area contributed by atoms with Gasteiger partial charge in [-0.25, -0.2) is 0 Å². The number of carbonyl (C=O) groups is 1. The number of benzene rings is 1. The van der Waals surface area contributed by atoms with Crippen molar-refractivity contribution in [3.63, 3.8) is 0 Å². The number of aryl methyl sites for hydroxylation is 1. The van der Waals surface area contributed by atoms with Crippen LogP contribution in [0.3, 0.4) is 0 Å². The highest BCUT2D eigenvalue weighted by atomic mass is 16.1. The van der Waals surface area contributed by atoms with Gasteiger partial charge in [0.25, 0.3) is 0 Å². The first-order valence-corrected chi connectivity index (χ1v) is 7.36. The zero-order valence-electron chi connectivity index (χ0n) is 12.5. The van der Waals surface area contributed by atoms with Gasteiger partial charge in [-0.05, 0) is 18.4 Å². The first kappa shape index (κ1) is 14.5. The van der Waals surface area contributed by atoms with E-state index in [-0.39, 0.29) is 5.78 Å². The van der Waals surface area contributed by atoms with Crippen LogP contribution in [0.2, 0.25) is 0 Å². The number of hydrogen-bond acceptors (Lipinski definition) is 2. The topological polar surface area (TPSA) is 34.9 Å². The average Bonchev–Trinajstić information content (AvgIpc) is 2.85. The van der Waals surface area contributed by atoms with Crippen LogP contribution in [0, 0.1) is 0 Å². The maximum atomic E-state index is 12.2. The van der Waals surface area contributed by atoms with Crippen molar-refractivity contribution in [2.75, 3.05) is 0 Å². The molecule has 0 aliphatic rings. The lowest BCUT2D eigenvalue weighted by molar-refractivity contribution is 0.0986. The molecule has 3 nitrogen and oxygen atoms in total. The summed E-state index contributed by atoms with van der Waals surface area (Å²) in [6, 6.07) is 10.3. The van der Waals surface area contributed by atoms with E-state index < -0.39 is 0 Å². The van der Waals surface area contributed by atoms with E-state index in [4.69, 9.17) is 0 Å². The fraction of sp³-hybridized carbons (Fsp3) is 0.412. The lowest BCUT2D eigenvalue weighted by Crippen LogP contribution is -2.08. The summed E-state index contributed by atoms with van der Waals surface area (Å²) in [5.41, 5.74) is 4.07. The standard InChI is InChI=1S/C17H22N2O/c1-4-14-17(16(20)6-3)15(5-2)19(18-14)12-13-10-8-7-9-11-13/h7-11H,4-6,12H2,1-3H3. The van der Waals surface area contributed by atoms with Gasteiger partial charge in [0.1, 0.15) is 0 Å². The Kier molecular flexibility index (Phi) is 4.72. The third kappa shape index (κ3) is 2.82. The normalized spacial score (nSPS) is 10.8. The largest absolute Gasteiger partial charge is 0.294 e. The fourth-order valence-electron chi connectivity index (χ4n) is 2.54. The molecule has 1 heterocycles. The first-order valence-electron chi connectivity index (χ1n) is 7.36. The summed E-state index contributed by atoms with van der Waals surface area (Å²) in [5.74, 6) is 0.206. The molecule has 2 aromatic rings. The van der Waals surface area contributed by atoms with Crippen molar-refractivity contribution in [1.82, 2.24) is 9.78 Å². The highest BCUT2D eigenvalue weighted by Gasteiger charge is 2.20. The number of ketones is 1. The van der Waals surface area contributed by atoms with Crippen LogP contribution in [0.5, 0.6) is 0 Å². The molecule has 0 aliphatic carbocycles. The Bertz CT molecular complexity index is 585. The van der Waals surface area contributed by atoms with Crippen LogP contribution < -0.4 is 0 Å². The SMILES string of the molecule is CCC(=O)c1c(CC)nn(Cc2ccccc2)c1CC. The summed E-state index contributed by atoms with van der Waals surface area (Å²) in [6.45, 7) is 6.79. The van der Waals surface area contributed by atoms with Crippen molar-refractivity contribution in [2.45, 2.75) is 46.6 Å². The summed E-state index contributed by atoms with van der Waals surface area (Å²) >= 11 is 0. The van der Waals surface area contributed by atoms with Crippen LogP contribution in [-0.4, -0.2) is 15.6 Å². The molecule has 0 atom stereocenters. The minimum absolute atomic E-state index is 0.206. The van der Waals surface area contributed by atoms with Gasteiger partial charge in [0.2, 0.25) is 0 Å². The average molecular weight is 270 g/mol. The third-order valence-electron chi connectivity index (χ3n) is 3.58. The summed E-state index contributed by atoms with van der Waals surface area (Å²) < 4.78 is 2.00. The minimum Gasteiger partial charge on any atom is -0.294 e. The van der Waals surface area contributed by atoms with E-state index in [1.165, 1.54) is 5.56 Å². The Labute approximate surface area is 120 Å². The highest BCUT2D eigenvalue weighted by Crippen LogP contribution is 2.19. The zero-order chi connectivity index (χ0) is 14.5. The van der Waals surface area contributed by atoms with Crippen LogP contribution in [0.15, 0.2) is 30.3 Å². The number of nitrogens with zero attached hydrogens (tertiary/aromatic N) is 2. The van der Waals surface area contributed by atoms with Gasteiger partial charge >= 0.3 is 0 Å². The molecule has 1 aromatic carbocycles. The molecule has 0 radical (unpaired) electrons. The fourth-order valence-corrected chi connectivity index (χ4v) is 2.54.